The fourth-order valence-electron chi connectivity index (χ4n) is 7.60. The highest BCUT2D eigenvalue weighted by Gasteiger charge is 2.35. The summed E-state index contributed by atoms with van der Waals surface area (Å²) in [5.41, 5.74) is 6.90. The van der Waals surface area contributed by atoms with Crippen LogP contribution in [0.15, 0.2) is 97.1 Å². The lowest BCUT2D eigenvalue weighted by molar-refractivity contribution is 0.351. The van der Waals surface area contributed by atoms with Crippen molar-refractivity contribution in [2.24, 2.45) is 0 Å². The third-order valence-electron chi connectivity index (χ3n) is 10.1. The molecule has 8 rings (SSSR count). The van der Waals surface area contributed by atoms with E-state index in [2.05, 4.69) is 38.1 Å². The number of phenolic OH excluding ortho intramolecular Hbond substituents is 6. The van der Waals surface area contributed by atoms with Crippen molar-refractivity contribution in [3.05, 3.63) is 108 Å². The van der Waals surface area contributed by atoms with Crippen LogP contribution in [0, 0.1) is 0 Å². The predicted octanol–water partition coefficient (Wildman–Crippen LogP) is 7.12. The van der Waals surface area contributed by atoms with Crippen LogP contribution in [0.1, 0.15) is 25.0 Å². The number of rotatable bonds is 3. The molecule has 7 aromatic carbocycles. The smallest absolute Gasteiger partial charge is 0.204 e. The molecule has 6 nitrogen and oxygen atoms in total. The van der Waals surface area contributed by atoms with Gasteiger partial charge < -0.3 is 30.6 Å². The molecule has 234 valence electrons. The molecule has 0 unspecified atom stereocenters. The second kappa shape index (κ2) is 10.5. The molecule has 0 bridgehead atoms. The molecule has 0 saturated carbocycles. The Labute approximate surface area is 284 Å². The molecule has 7 aromatic rings. The molecule has 1 aliphatic carbocycles. The minimum Gasteiger partial charge on any atom is -0.508 e. The van der Waals surface area contributed by atoms with Gasteiger partial charge in [-0.2, -0.15) is 0 Å². The van der Waals surface area contributed by atoms with E-state index in [-0.39, 0.29) is 49.0 Å². The predicted molar refractivity (Wildman–Crippen MR) is 196 cm³/mol. The van der Waals surface area contributed by atoms with Crippen molar-refractivity contribution in [2.75, 3.05) is 0 Å². The van der Waals surface area contributed by atoms with Crippen molar-refractivity contribution in [2.45, 2.75) is 19.3 Å². The van der Waals surface area contributed by atoms with Crippen molar-refractivity contribution >= 4 is 48.2 Å². The Bertz CT molecular complexity index is 2480. The Balaban J connectivity index is 1.49. The summed E-state index contributed by atoms with van der Waals surface area (Å²) < 4.78 is 0. The second-order valence-corrected chi connectivity index (χ2v) is 13.0. The van der Waals surface area contributed by atoms with Gasteiger partial charge in [0.05, 0.1) is 0 Å². The van der Waals surface area contributed by atoms with Crippen molar-refractivity contribution < 1.29 is 30.6 Å². The van der Waals surface area contributed by atoms with Crippen LogP contribution in [0.5, 0.6) is 34.5 Å². The van der Waals surface area contributed by atoms with Crippen LogP contribution in [-0.2, 0) is 5.41 Å². The summed E-state index contributed by atoms with van der Waals surface area (Å²) in [6, 6.07) is 30.7. The first kappa shape index (κ1) is 30.3. The van der Waals surface area contributed by atoms with Crippen LogP contribution in [-0.4, -0.2) is 46.3 Å². The highest BCUT2D eigenvalue weighted by molar-refractivity contribution is 6.53. The molecular formula is C41H28B2O6. The molecule has 0 spiro atoms. The van der Waals surface area contributed by atoms with Gasteiger partial charge in [-0.25, -0.2) is 0 Å². The first-order valence-electron chi connectivity index (χ1n) is 15.7. The molecule has 49 heavy (non-hydrogen) atoms. The summed E-state index contributed by atoms with van der Waals surface area (Å²) in [6.07, 6.45) is 0. The highest BCUT2D eigenvalue weighted by atomic mass is 16.3. The monoisotopic (exact) mass is 638 g/mol. The number of aromatic hydroxyl groups is 6. The maximum absolute atomic E-state index is 11.7. The first-order valence-corrected chi connectivity index (χ1v) is 15.7. The number of benzene rings is 7. The second-order valence-electron chi connectivity index (χ2n) is 13.0. The van der Waals surface area contributed by atoms with Crippen LogP contribution in [0.4, 0.5) is 0 Å². The van der Waals surface area contributed by atoms with Crippen molar-refractivity contribution in [1.29, 1.82) is 0 Å². The van der Waals surface area contributed by atoms with Gasteiger partial charge in [0.2, 0.25) is 11.5 Å². The molecule has 0 amide bonds. The zero-order chi connectivity index (χ0) is 34.5. The van der Waals surface area contributed by atoms with Crippen molar-refractivity contribution in [1.82, 2.24) is 0 Å². The lowest BCUT2D eigenvalue weighted by Gasteiger charge is -2.24. The van der Waals surface area contributed by atoms with Gasteiger partial charge in [0.15, 0.2) is 11.5 Å². The van der Waals surface area contributed by atoms with Crippen LogP contribution in [0.25, 0.3) is 66.1 Å². The standard InChI is InChI=1S/C41H28B2O6/c1-41(2)25-14-7-6-13-23(25)24-16-15-21(18-26(24)41)20-11-8-12-22(17-20)28-30-29(35(44)33(42)34(43)36(30)45)27(19-9-4-3-5-10-19)31-32(28)38(47)40(49)39(48)37(31)46/h3-18,44-49H,1-2H3. The molecule has 1 aliphatic rings. The summed E-state index contributed by atoms with van der Waals surface area (Å²) in [6.45, 7) is 4.40. The van der Waals surface area contributed by atoms with E-state index in [1.807, 2.05) is 36.4 Å². The fourth-order valence-corrected chi connectivity index (χ4v) is 7.60. The summed E-state index contributed by atoms with van der Waals surface area (Å²) in [4.78, 5) is 0. The highest BCUT2D eigenvalue weighted by Crippen LogP contribution is 2.58. The third kappa shape index (κ3) is 4.10. The zero-order valence-corrected chi connectivity index (χ0v) is 26.6. The zero-order valence-electron chi connectivity index (χ0n) is 26.6. The van der Waals surface area contributed by atoms with E-state index in [1.165, 1.54) is 16.7 Å². The normalized spacial score (nSPS) is 13.1. The van der Waals surface area contributed by atoms with Crippen LogP contribution in [0.3, 0.4) is 0 Å². The molecule has 0 heterocycles. The lowest BCUT2D eigenvalue weighted by atomic mass is 9.74. The number of fused-ring (bicyclic) bond motifs is 5. The van der Waals surface area contributed by atoms with E-state index in [0.717, 1.165) is 16.7 Å². The number of hydrogen-bond donors (Lipinski definition) is 6. The Morgan fingerprint density at radius 3 is 1.51 bits per heavy atom. The van der Waals surface area contributed by atoms with Gasteiger partial charge in [0.25, 0.3) is 0 Å². The summed E-state index contributed by atoms with van der Waals surface area (Å²) >= 11 is 0. The molecule has 0 saturated heterocycles. The van der Waals surface area contributed by atoms with Gasteiger partial charge >= 0.3 is 0 Å². The molecule has 0 aliphatic heterocycles. The minimum absolute atomic E-state index is 0.0260. The maximum atomic E-state index is 11.7. The van der Waals surface area contributed by atoms with E-state index in [1.54, 1.807) is 36.4 Å². The quantitative estimate of drug-likeness (QED) is 0.0531. The number of phenols is 6. The molecule has 0 fully saturated rings. The Morgan fingerprint density at radius 2 is 0.878 bits per heavy atom. The van der Waals surface area contributed by atoms with E-state index < -0.39 is 34.5 Å². The largest absolute Gasteiger partial charge is 0.508 e. The maximum Gasteiger partial charge on any atom is 0.204 e. The molecule has 6 N–H and O–H groups in total. The fraction of sp³-hybridized carbons (Fsp3) is 0.0732. The Morgan fingerprint density at radius 1 is 0.408 bits per heavy atom. The van der Waals surface area contributed by atoms with E-state index in [9.17, 15) is 30.6 Å². The van der Waals surface area contributed by atoms with Gasteiger partial charge in [-0.05, 0) is 56.6 Å². The van der Waals surface area contributed by atoms with Gasteiger partial charge in [-0.3, -0.25) is 0 Å². The third-order valence-corrected chi connectivity index (χ3v) is 10.1. The van der Waals surface area contributed by atoms with Crippen LogP contribution >= 0.6 is 0 Å². The first-order chi connectivity index (χ1) is 23.4. The average molecular weight is 638 g/mol. The molecule has 0 atom stereocenters. The summed E-state index contributed by atoms with van der Waals surface area (Å²) in [5.74, 6) is -4.30. The SMILES string of the molecule is [B]c1c([B])c(O)c2c(-c3cccc(-c4ccc5c(c4)C(C)(C)c4ccccc4-5)c3)c3c(O)c(O)c(O)c(O)c3c(-c3ccccc3)c2c1O. The van der Waals surface area contributed by atoms with E-state index >= 15 is 0 Å². The summed E-state index contributed by atoms with van der Waals surface area (Å²) in [5, 5.41) is 67.8. The minimum atomic E-state index is -0.951. The lowest BCUT2D eigenvalue weighted by Crippen LogP contribution is -2.26. The van der Waals surface area contributed by atoms with Crippen LogP contribution < -0.4 is 10.9 Å². The van der Waals surface area contributed by atoms with E-state index in [4.69, 9.17) is 15.7 Å². The van der Waals surface area contributed by atoms with Crippen LogP contribution in [0.2, 0.25) is 0 Å². The molecule has 0 aromatic heterocycles. The Kier molecular flexibility index (Phi) is 6.50. The van der Waals surface area contributed by atoms with Gasteiger partial charge in [0.1, 0.15) is 27.2 Å². The summed E-state index contributed by atoms with van der Waals surface area (Å²) in [7, 11) is 12.5. The van der Waals surface area contributed by atoms with Crippen molar-refractivity contribution in [3.8, 4) is 79.0 Å². The average Bonchev–Trinajstić information content (AvgIpc) is 3.36. The van der Waals surface area contributed by atoms with Gasteiger partial charge in [-0.15, -0.1) is 0 Å². The van der Waals surface area contributed by atoms with E-state index in [0.29, 0.717) is 11.1 Å². The Hall–Kier alpha value is -6.01. The van der Waals surface area contributed by atoms with Gasteiger partial charge in [0, 0.05) is 38.1 Å². The number of hydrogen-bond acceptors (Lipinski definition) is 6. The molecular weight excluding hydrogens is 610 g/mol. The molecule has 8 heteroatoms. The van der Waals surface area contributed by atoms with Gasteiger partial charge in [-0.1, -0.05) is 110 Å². The topological polar surface area (TPSA) is 121 Å². The van der Waals surface area contributed by atoms with Crippen molar-refractivity contribution in [3.63, 3.8) is 0 Å². The molecule has 4 radical (unpaired) electrons.